The lowest BCUT2D eigenvalue weighted by atomic mass is 9.98. The lowest BCUT2D eigenvalue weighted by molar-refractivity contribution is 0.349. The molecule has 0 radical (unpaired) electrons. The lowest BCUT2D eigenvalue weighted by Crippen LogP contribution is -2.57. The van der Waals surface area contributed by atoms with Crippen molar-refractivity contribution in [1.82, 2.24) is 5.32 Å². The van der Waals surface area contributed by atoms with E-state index in [9.17, 15) is 4.39 Å². The lowest BCUT2D eigenvalue weighted by Gasteiger charge is -2.43. The highest BCUT2D eigenvalue weighted by molar-refractivity contribution is 6.31. The van der Waals surface area contributed by atoms with Crippen molar-refractivity contribution in [1.29, 1.82) is 0 Å². The molecule has 1 saturated heterocycles. The number of hydrogen-bond donors (Lipinski definition) is 1. The second kappa shape index (κ2) is 5.45. The van der Waals surface area contributed by atoms with Crippen molar-refractivity contribution in [2.24, 2.45) is 5.92 Å². The van der Waals surface area contributed by atoms with Gasteiger partial charge < -0.3 is 10.2 Å². The van der Waals surface area contributed by atoms with Crippen LogP contribution in [0.5, 0.6) is 0 Å². The Morgan fingerprint density at radius 2 is 2.17 bits per heavy atom. The first-order valence-electron chi connectivity index (χ1n) is 6.44. The number of benzene rings is 1. The van der Waals surface area contributed by atoms with Crippen LogP contribution in [-0.4, -0.2) is 25.2 Å². The molecule has 1 aliphatic rings. The van der Waals surface area contributed by atoms with E-state index in [-0.39, 0.29) is 10.8 Å². The molecule has 1 fully saturated rings. The van der Waals surface area contributed by atoms with Gasteiger partial charge in [-0.05, 0) is 31.0 Å². The van der Waals surface area contributed by atoms with Crippen molar-refractivity contribution in [2.45, 2.75) is 32.9 Å². The molecule has 4 heteroatoms. The van der Waals surface area contributed by atoms with Crippen LogP contribution in [0.4, 0.5) is 10.1 Å². The minimum Gasteiger partial charge on any atom is -0.365 e. The number of nitrogens with one attached hydrogen (secondary N) is 1. The zero-order valence-electron chi connectivity index (χ0n) is 11.1. The number of piperazine rings is 1. The van der Waals surface area contributed by atoms with E-state index in [1.54, 1.807) is 6.07 Å². The minimum atomic E-state index is -0.357. The van der Waals surface area contributed by atoms with Crippen LogP contribution in [0.15, 0.2) is 18.2 Å². The van der Waals surface area contributed by atoms with Gasteiger partial charge in [-0.15, -0.1) is 0 Å². The predicted octanol–water partition coefficient (Wildman–Crippen LogP) is 3.30. The fraction of sp³-hybridized carbons (Fsp3) is 0.571. The van der Waals surface area contributed by atoms with Crippen molar-refractivity contribution in [3.63, 3.8) is 0 Å². The average Bonchev–Trinajstić information content (AvgIpc) is 2.32. The first-order valence-corrected chi connectivity index (χ1v) is 6.82. The van der Waals surface area contributed by atoms with Gasteiger partial charge in [0.25, 0.3) is 0 Å². The van der Waals surface area contributed by atoms with Gasteiger partial charge in [0.1, 0.15) is 5.82 Å². The van der Waals surface area contributed by atoms with Gasteiger partial charge in [-0.25, -0.2) is 4.39 Å². The van der Waals surface area contributed by atoms with E-state index in [1.807, 2.05) is 6.07 Å². The molecule has 0 aliphatic carbocycles. The molecule has 1 heterocycles. The Balaban J connectivity index is 2.29. The molecule has 2 unspecified atom stereocenters. The molecule has 1 aromatic carbocycles. The molecule has 0 aromatic heterocycles. The molecule has 2 atom stereocenters. The SMILES string of the molecule is CC1CN(c2ccc(F)c(Cl)c2)C(C(C)C)CN1. The maximum absolute atomic E-state index is 13.2. The number of halogens is 2. The van der Waals surface area contributed by atoms with Crippen LogP contribution < -0.4 is 10.2 Å². The van der Waals surface area contributed by atoms with E-state index < -0.39 is 0 Å². The molecular weight excluding hydrogens is 251 g/mol. The largest absolute Gasteiger partial charge is 0.365 e. The van der Waals surface area contributed by atoms with E-state index >= 15 is 0 Å². The summed E-state index contributed by atoms with van der Waals surface area (Å²) in [5, 5.41) is 3.69. The summed E-state index contributed by atoms with van der Waals surface area (Å²) < 4.78 is 13.2. The van der Waals surface area contributed by atoms with Gasteiger partial charge in [-0.3, -0.25) is 0 Å². The summed E-state index contributed by atoms with van der Waals surface area (Å²) in [7, 11) is 0. The summed E-state index contributed by atoms with van der Waals surface area (Å²) in [6, 6.07) is 5.84. The van der Waals surface area contributed by atoms with Crippen molar-refractivity contribution >= 4 is 17.3 Å². The summed E-state index contributed by atoms with van der Waals surface area (Å²) in [6.45, 7) is 8.45. The van der Waals surface area contributed by atoms with Gasteiger partial charge in [0, 0.05) is 30.9 Å². The van der Waals surface area contributed by atoms with Crippen LogP contribution in [0.25, 0.3) is 0 Å². The van der Waals surface area contributed by atoms with Gasteiger partial charge in [0.2, 0.25) is 0 Å². The Hall–Kier alpha value is -0.800. The molecule has 18 heavy (non-hydrogen) atoms. The third kappa shape index (κ3) is 2.78. The molecule has 0 amide bonds. The first-order chi connectivity index (χ1) is 8.49. The quantitative estimate of drug-likeness (QED) is 0.887. The molecule has 1 aliphatic heterocycles. The Bertz CT molecular complexity index is 422. The number of anilines is 1. The van der Waals surface area contributed by atoms with Crippen LogP contribution in [0, 0.1) is 11.7 Å². The molecule has 0 spiro atoms. The third-order valence-corrected chi connectivity index (χ3v) is 3.84. The molecule has 1 aromatic rings. The fourth-order valence-electron chi connectivity index (χ4n) is 2.48. The number of rotatable bonds is 2. The molecule has 0 saturated carbocycles. The summed E-state index contributed by atoms with van der Waals surface area (Å²) in [6.07, 6.45) is 0. The molecule has 100 valence electrons. The third-order valence-electron chi connectivity index (χ3n) is 3.55. The predicted molar refractivity (Wildman–Crippen MR) is 74.8 cm³/mol. The zero-order valence-corrected chi connectivity index (χ0v) is 11.8. The van der Waals surface area contributed by atoms with Gasteiger partial charge in [-0.1, -0.05) is 25.4 Å². The van der Waals surface area contributed by atoms with Crippen LogP contribution in [0.2, 0.25) is 5.02 Å². The molecule has 0 bridgehead atoms. The second-order valence-electron chi connectivity index (χ2n) is 5.37. The topological polar surface area (TPSA) is 15.3 Å². The summed E-state index contributed by atoms with van der Waals surface area (Å²) >= 11 is 5.88. The van der Waals surface area contributed by atoms with E-state index in [1.165, 1.54) is 6.07 Å². The second-order valence-corrected chi connectivity index (χ2v) is 5.78. The van der Waals surface area contributed by atoms with Gasteiger partial charge >= 0.3 is 0 Å². The minimum absolute atomic E-state index is 0.196. The highest BCUT2D eigenvalue weighted by Gasteiger charge is 2.28. The zero-order chi connectivity index (χ0) is 13.3. The Labute approximate surface area is 113 Å². The van der Waals surface area contributed by atoms with Crippen LogP contribution in [-0.2, 0) is 0 Å². The standard InChI is InChI=1S/C14H20ClFN2/c1-9(2)14-7-17-10(3)8-18(14)11-4-5-13(16)12(15)6-11/h4-6,9-10,14,17H,7-8H2,1-3H3. The summed E-state index contributed by atoms with van der Waals surface area (Å²) in [5.74, 6) is 0.179. The van der Waals surface area contributed by atoms with E-state index in [0.29, 0.717) is 18.0 Å². The van der Waals surface area contributed by atoms with Crippen molar-refractivity contribution in [3.05, 3.63) is 29.0 Å². The molecular formula is C14H20ClFN2. The molecule has 2 nitrogen and oxygen atoms in total. The molecule has 2 rings (SSSR count). The van der Waals surface area contributed by atoms with Crippen LogP contribution >= 0.6 is 11.6 Å². The van der Waals surface area contributed by atoms with Crippen LogP contribution in [0.1, 0.15) is 20.8 Å². The Morgan fingerprint density at radius 1 is 1.44 bits per heavy atom. The highest BCUT2D eigenvalue weighted by Crippen LogP contribution is 2.27. The van der Waals surface area contributed by atoms with Gasteiger partial charge in [-0.2, -0.15) is 0 Å². The van der Waals surface area contributed by atoms with Gasteiger partial charge in [0.05, 0.1) is 5.02 Å². The number of nitrogens with zero attached hydrogens (tertiary/aromatic N) is 1. The summed E-state index contributed by atoms with van der Waals surface area (Å²) in [4.78, 5) is 2.33. The van der Waals surface area contributed by atoms with Gasteiger partial charge in [0.15, 0.2) is 0 Å². The normalized spacial score (nSPS) is 24.7. The smallest absolute Gasteiger partial charge is 0.141 e. The average molecular weight is 271 g/mol. The summed E-state index contributed by atoms with van der Waals surface area (Å²) in [5.41, 5.74) is 1.01. The van der Waals surface area contributed by atoms with Crippen molar-refractivity contribution in [3.8, 4) is 0 Å². The maximum Gasteiger partial charge on any atom is 0.141 e. The van der Waals surface area contributed by atoms with E-state index in [0.717, 1.165) is 18.8 Å². The first kappa shape index (κ1) is 13.6. The number of hydrogen-bond acceptors (Lipinski definition) is 2. The van der Waals surface area contributed by atoms with E-state index in [4.69, 9.17) is 11.6 Å². The monoisotopic (exact) mass is 270 g/mol. The Morgan fingerprint density at radius 3 is 2.78 bits per heavy atom. The van der Waals surface area contributed by atoms with E-state index in [2.05, 4.69) is 31.0 Å². The maximum atomic E-state index is 13.2. The highest BCUT2D eigenvalue weighted by atomic mass is 35.5. The molecule has 1 N–H and O–H groups in total. The van der Waals surface area contributed by atoms with Crippen molar-refractivity contribution in [2.75, 3.05) is 18.0 Å². The van der Waals surface area contributed by atoms with Crippen LogP contribution in [0.3, 0.4) is 0 Å². The Kier molecular flexibility index (Phi) is 4.13. The fourth-order valence-corrected chi connectivity index (χ4v) is 2.66. The van der Waals surface area contributed by atoms with Crippen molar-refractivity contribution < 1.29 is 4.39 Å².